The molecular weight excluding hydrogens is 405 g/mol. The van der Waals surface area contributed by atoms with Crippen molar-refractivity contribution in [1.29, 1.82) is 0 Å². The fraction of sp³-hybridized carbons (Fsp3) is 0.174. The number of nitrogens with zero attached hydrogens (tertiary/aromatic N) is 1. The van der Waals surface area contributed by atoms with E-state index in [0.29, 0.717) is 27.6 Å². The van der Waals surface area contributed by atoms with Gasteiger partial charge in [0, 0.05) is 28.0 Å². The Morgan fingerprint density at radius 3 is 2.90 bits per heavy atom. The topological polar surface area (TPSA) is 69.4 Å². The van der Waals surface area contributed by atoms with Gasteiger partial charge in [-0.05, 0) is 49.1 Å². The standard InChI is InChI=1S/C23H16FNO4S/c24-14-4-1-3-13(9-14)22-25-15(12-30-22)10-21(26)28-16-7-8-18-17-5-2-6-19(17)23(27)29-20(18)11-16/h1,3-4,7-9,11-12H,2,5-6,10H2. The van der Waals surface area contributed by atoms with E-state index in [4.69, 9.17) is 9.15 Å². The van der Waals surface area contributed by atoms with Gasteiger partial charge in [-0.25, -0.2) is 14.2 Å². The number of carbonyl (C=O) groups is 1. The van der Waals surface area contributed by atoms with Crippen LogP contribution in [0.3, 0.4) is 0 Å². The van der Waals surface area contributed by atoms with Crippen LogP contribution in [-0.4, -0.2) is 11.0 Å². The summed E-state index contributed by atoms with van der Waals surface area (Å²) in [5, 5.41) is 3.28. The minimum Gasteiger partial charge on any atom is -0.426 e. The summed E-state index contributed by atoms with van der Waals surface area (Å²) < 4.78 is 24.2. The summed E-state index contributed by atoms with van der Waals surface area (Å²) in [6.45, 7) is 0. The van der Waals surface area contributed by atoms with E-state index in [1.165, 1.54) is 23.5 Å². The van der Waals surface area contributed by atoms with Crippen LogP contribution in [0.4, 0.5) is 4.39 Å². The Labute approximate surface area is 174 Å². The second-order valence-electron chi connectivity index (χ2n) is 7.16. The maximum Gasteiger partial charge on any atom is 0.339 e. The first-order chi connectivity index (χ1) is 14.6. The van der Waals surface area contributed by atoms with Crippen molar-refractivity contribution in [2.75, 3.05) is 0 Å². The van der Waals surface area contributed by atoms with Crippen molar-refractivity contribution in [3.8, 4) is 16.3 Å². The lowest BCUT2D eigenvalue weighted by molar-refractivity contribution is -0.133. The molecule has 0 fully saturated rings. The second-order valence-corrected chi connectivity index (χ2v) is 8.02. The van der Waals surface area contributed by atoms with Gasteiger partial charge in [-0.2, -0.15) is 0 Å². The van der Waals surface area contributed by atoms with Gasteiger partial charge in [0.15, 0.2) is 0 Å². The van der Waals surface area contributed by atoms with Crippen LogP contribution in [0.2, 0.25) is 0 Å². The van der Waals surface area contributed by atoms with Crippen LogP contribution in [0.5, 0.6) is 5.75 Å². The van der Waals surface area contributed by atoms with Crippen molar-refractivity contribution < 1.29 is 18.3 Å². The van der Waals surface area contributed by atoms with Crippen molar-refractivity contribution in [2.45, 2.75) is 25.7 Å². The van der Waals surface area contributed by atoms with E-state index in [2.05, 4.69) is 4.98 Å². The predicted octanol–water partition coefficient (Wildman–Crippen LogP) is 4.69. The van der Waals surface area contributed by atoms with E-state index >= 15 is 0 Å². The highest BCUT2D eigenvalue weighted by atomic mass is 32.1. The molecule has 0 unspecified atom stereocenters. The van der Waals surface area contributed by atoms with Gasteiger partial charge >= 0.3 is 11.6 Å². The average Bonchev–Trinajstić information content (AvgIpc) is 3.38. The first-order valence-corrected chi connectivity index (χ1v) is 10.4. The molecular formula is C23H16FNO4S. The molecule has 0 amide bonds. The third-order valence-electron chi connectivity index (χ3n) is 5.13. The number of thiazole rings is 1. The molecule has 0 saturated heterocycles. The molecule has 2 aromatic carbocycles. The normalized spacial score (nSPS) is 12.8. The first kappa shape index (κ1) is 18.7. The van der Waals surface area contributed by atoms with E-state index in [9.17, 15) is 14.0 Å². The van der Waals surface area contributed by atoms with Gasteiger partial charge in [-0.1, -0.05) is 12.1 Å². The number of halogens is 1. The number of hydrogen-bond donors (Lipinski definition) is 0. The maximum absolute atomic E-state index is 13.4. The molecule has 150 valence electrons. The number of aromatic nitrogens is 1. The highest BCUT2D eigenvalue weighted by molar-refractivity contribution is 7.13. The van der Waals surface area contributed by atoms with E-state index in [0.717, 1.165) is 35.8 Å². The highest BCUT2D eigenvalue weighted by Gasteiger charge is 2.20. The molecule has 0 aliphatic heterocycles. The van der Waals surface area contributed by atoms with Gasteiger partial charge in [-0.15, -0.1) is 11.3 Å². The zero-order chi connectivity index (χ0) is 20.7. The summed E-state index contributed by atoms with van der Waals surface area (Å²) in [4.78, 5) is 28.9. The smallest absolute Gasteiger partial charge is 0.339 e. The number of ether oxygens (including phenoxy) is 1. The van der Waals surface area contributed by atoms with Crippen LogP contribution in [0.15, 0.2) is 57.1 Å². The first-order valence-electron chi connectivity index (χ1n) is 9.56. The Kier molecular flexibility index (Phi) is 4.67. The van der Waals surface area contributed by atoms with E-state index in [-0.39, 0.29) is 17.9 Å². The molecule has 5 nitrogen and oxygen atoms in total. The Balaban J connectivity index is 1.33. The number of benzene rings is 2. The van der Waals surface area contributed by atoms with Crippen LogP contribution in [-0.2, 0) is 24.1 Å². The van der Waals surface area contributed by atoms with Crippen molar-refractivity contribution in [2.24, 2.45) is 0 Å². The van der Waals surface area contributed by atoms with Gasteiger partial charge in [0.2, 0.25) is 0 Å². The third kappa shape index (κ3) is 3.52. The van der Waals surface area contributed by atoms with Crippen molar-refractivity contribution in [3.63, 3.8) is 0 Å². The van der Waals surface area contributed by atoms with Gasteiger partial charge < -0.3 is 9.15 Å². The Morgan fingerprint density at radius 1 is 1.17 bits per heavy atom. The largest absolute Gasteiger partial charge is 0.426 e. The lowest BCUT2D eigenvalue weighted by Crippen LogP contribution is -2.12. The quantitative estimate of drug-likeness (QED) is 0.272. The maximum atomic E-state index is 13.4. The van der Waals surface area contributed by atoms with Crippen molar-refractivity contribution in [1.82, 2.24) is 4.98 Å². The Hall–Kier alpha value is -3.32. The molecule has 0 bridgehead atoms. The van der Waals surface area contributed by atoms with Gasteiger partial charge in [0.1, 0.15) is 22.2 Å². The molecule has 2 heterocycles. The molecule has 7 heteroatoms. The molecule has 1 aliphatic carbocycles. The zero-order valence-electron chi connectivity index (χ0n) is 15.8. The number of rotatable bonds is 4. The molecule has 2 aromatic heterocycles. The summed E-state index contributed by atoms with van der Waals surface area (Å²) in [5.74, 6) is -0.500. The molecule has 5 rings (SSSR count). The third-order valence-corrected chi connectivity index (χ3v) is 6.07. The summed E-state index contributed by atoms with van der Waals surface area (Å²) in [6.07, 6.45) is 2.53. The zero-order valence-corrected chi connectivity index (χ0v) is 16.6. The average molecular weight is 421 g/mol. The van der Waals surface area contributed by atoms with E-state index < -0.39 is 5.97 Å². The number of aryl methyl sites for hydroxylation is 1. The molecule has 0 N–H and O–H groups in total. The van der Waals surface area contributed by atoms with Crippen LogP contribution >= 0.6 is 11.3 Å². The predicted molar refractivity (Wildman–Crippen MR) is 111 cm³/mol. The lowest BCUT2D eigenvalue weighted by atomic mass is 10.1. The molecule has 0 atom stereocenters. The summed E-state index contributed by atoms with van der Waals surface area (Å²) in [7, 11) is 0. The molecule has 30 heavy (non-hydrogen) atoms. The minimum absolute atomic E-state index is 0.0159. The molecule has 0 saturated carbocycles. The fourth-order valence-corrected chi connectivity index (χ4v) is 4.60. The Bertz CT molecular complexity index is 1340. The Morgan fingerprint density at radius 2 is 2.03 bits per heavy atom. The molecule has 0 spiro atoms. The van der Waals surface area contributed by atoms with Gasteiger partial charge in [0.05, 0.1) is 12.1 Å². The van der Waals surface area contributed by atoms with Crippen molar-refractivity contribution >= 4 is 28.3 Å². The number of hydrogen-bond acceptors (Lipinski definition) is 6. The van der Waals surface area contributed by atoms with Crippen LogP contribution in [0.1, 0.15) is 23.2 Å². The second kappa shape index (κ2) is 7.50. The summed E-state index contributed by atoms with van der Waals surface area (Å²) in [5.41, 5.74) is 3.11. The van der Waals surface area contributed by atoms with Gasteiger partial charge in [-0.3, -0.25) is 4.79 Å². The summed E-state index contributed by atoms with van der Waals surface area (Å²) in [6, 6.07) is 11.3. The van der Waals surface area contributed by atoms with E-state index in [1.807, 2.05) is 6.07 Å². The van der Waals surface area contributed by atoms with Crippen LogP contribution < -0.4 is 10.4 Å². The minimum atomic E-state index is -0.478. The molecule has 4 aromatic rings. The molecule has 1 aliphatic rings. The number of esters is 1. The highest BCUT2D eigenvalue weighted by Crippen LogP contribution is 2.30. The molecule has 0 radical (unpaired) electrons. The summed E-state index contributed by atoms with van der Waals surface area (Å²) >= 11 is 1.34. The number of carbonyl (C=O) groups excluding carboxylic acids is 1. The van der Waals surface area contributed by atoms with E-state index in [1.54, 1.807) is 29.6 Å². The lowest BCUT2D eigenvalue weighted by Gasteiger charge is -2.07. The van der Waals surface area contributed by atoms with Crippen LogP contribution in [0.25, 0.3) is 21.5 Å². The van der Waals surface area contributed by atoms with Gasteiger partial charge in [0.25, 0.3) is 0 Å². The number of fused-ring (bicyclic) bond motifs is 3. The fourth-order valence-electron chi connectivity index (χ4n) is 3.79. The van der Waals surface area contributed by atoms with Crippen LogP contribution in [0, 0.1) is 5.82 Å². The van der Waals surface area contributed by atoms with Crippen molar-refractivity contribution in [3.05, 3.63) is 80.9 Å². The SMILES string of the molecule is O=C(Cc1csc(-c2cccc(F)c2)n1)Oc1ccc2c3c(c(=O)oc2c1)CCC3. The monoisotopic (exact) mass is 421 g/mol.